The molecule has 0 unspecified atom stereocenters. The number of hydrogen-bond donors (Lipinski definition) is 1. The van der Waals surface area contributed by atoms with Gasteiger partial charge in [0, 0.05) is 25.2 Å². The van der Waals surface area contributed by atoms with Crippen molar-refractivity contribution in [2.45, 2.75) is 135 Å². The molecule has 1 saturated heterocycles. The fourth-order valence-electron chi connectivity index (χ4n) is 9.96. The van der Waals surface area contributed by atoms with Crippen LogP contribution in [0.1, 0.15) is 84.2 Å². The van der Waals surface area contributed by atoms with Gasteiger partial charge < -0.3 is 33.2 Å². The summed E-state index contributed by atoms with van der Waals surface area (Å²) in [7, 11) is -2.46. The van der Waals surface area contributed by atoms with E-state index in [4.69, 9.17) is 28.1 Å². The van der Waals surface area contributed by atoms with Crippen LogP contribution >= 0.6 is 0 Å². The minimum atomic E-state index is -2.46. The highest BCUT2D eigenvalue weighted by Crippen LogP contribution is 2.65. The maximum Gasteiger partial charge on any atom is 0.509 e. The smallest absolute Gasteiger partial charge is 0.455 e. The summed E-state index contributed by atoms with van der Waals surface area (Å²) in [6.45, 7) is 13.5. The summed E-state index contributed by atoms with van der Waals surface area (Å²) < 4.78 is 54.5. The molecule has 11 nitrogen and oxygen atoms in total. The van der Waals surface area contributed by atoms with Crippen molar-refractivity contribution in [2.75, 3.05) is 6.61 Å². The summed E-state index contributed by atoms with van der Waals surface area (Å²) >= 11 is 0. The molecule has 0 aromatic heterocycles. The second-order valence-electron chi connectivity index (χ2n) is 16.6. The van der Waals surface area contributed by atoms with Crippen LogP contribution in [0.15, 0.2) is 71.8 Å². The monoisotopic (exact) mass is 794 g/mol. The van der Waals surface area contributed by atoms with E-state index >= 15 is 9.18 Å². The molecule has 0 amide bonds. The Hall–Kier alpha value is -3.91. The van der Waals surface area contributed by atoms with Gasteiger partial charge in [-0.25, -0.2) is 14.0 Å². The van der Waals surface area contributed by atoms with Crippen molar-refractivity contribution >= 4 is 32.2 Å². The van der Waals surface area contributed by atoms with E-state index in [2.05, 4.69) is 20.8 Å². The summed E-state index contributed by atoms with van der Waals surface area (Å²) in [6, 6.07) is 19.4. The van der Waals surface area contributed by atoms with E-state index in [1.165, 1.54) is 13.8 Å². The van der Waals surface area contributed by atoms with Crippen molar-refractivity contribution in [3.05, 3.63) is 82.9 Å². The molecule has 304 valence electrons. The number of ketones is 1. The molecular weight excluding hydrogens is 740 g/mol. The number of carbonyl (C=O) groups excluding carboxylic acids is 4. The zero-order valence-corrected chi connectivity index (χ0v) is 34.6. The Morgan fingerprint density at radius 3 is 2.11 bits per heavy atom. The third-order valence-electron chi connectivity index (χ3n) is 13.6. The molecule has 0 spiro atoms. The van der Waals surface area contributed by atoms with Crippen molar-refractivity contribution < 1.29 is 56.8 Å². The molecule has 0 radical (unpaired) electrons. The predicted molar refractivity (Wildman–Crippen MR) is 206 cm³/mol. The second-order valence-corrected chi connectivity index (χ2v) is 21.3. The van der Waals surface area contributed by atoms with Crippen LogP contribution in [0.5, 0.6) is 0 Å². The summed E-state index contributed by atoms with van der Waals surface area (Å²) in [4.78, 5) is 56.6. The van der Waals surface area contributed by atoms with Crippen molar-refractivity contribution in [1.82, 2.24) is 0 Å². The zero-order chi connectivity index (χ0) is 40.8. The lowest BCUT2D eigenvalue weighted by Gasteiger charge is -2.67. The normalized spacial score (nSPS) is 33.4. The van der Waals surface area contributed by atoms with Gasteiger partial charge >= 0.3 is 18.1 Å². The molecule has 2 bridgehead atoms. The van der Waals surface area contributed by atoms with Crippen LogP contribution in [0.2, 0.25) is 18.1 Å². The Morgan fingerprint density at radius 2 is 1.55 bits per heavy atom. The highest BCUT2D eigenvalue weighted by atomic mass is 28.4. The molecule has 1 aliphatic heterocycles. The minimum absolute atomic E-state index is 0.124. The number of esters is 2. The molecule has 3 fully saturated rings. The number of rotatable bonds is 11. The Balaban J connectivity index is 1.61. The van der Waals surface area contributed by atoms with Gasteiger partial charge in [0.25, 0.3) is 0 Å². The van der Waals surface area contributed by atoms with Gasteiger partial charge in [-0.1, -0.05) is 83.1 Å². The molecular formula is C43H55FO11Si. The van der Waals surface area contributed by atoms with Crippen LogP contribution < -0.4 is 0 Å². The SMILES string of the molecule is CC[Si](CC)(CC)O[C@H]1C[C@@]2(O)[C@@H](OC(=O)c3ccccc3)[C@@H]3[C@]4(OC(C)=O)CO[C@@H]4C[C@@H](F)[C@@]3(C)C(=O)[C@H](OC(=O)OCc3ccccc3)C(=C1C)C2(C)C. The van der Waals surface area contributed by atoms with Crippen LogP contribution in [0.25, 0.3) is 0 Å². The van der Waals surface area contributed by atoms with E-state index in [0.29, 0.717) is 11.1 Å². The topological polar surface area (TPSA) is 144 Å². The number of ether oxygens (including phenoxy) is 5. The van der Waals surface area contributed by atoms with Crippen molar-refractivity contribution in [2.24, 2.45) is 16.7 Å². The number of hydrogen-bond acceptors (Lipinski definition) is 11. The van der Waals surface area contributed by atoms with Crippen LogP contribution in [-0.2, 0) is 44.3 Å². The molecule has 1 N–H and O–H groups in total. The quantitative estimate of drug-likeness (QED) is 0.105. The zero-order valence-electron chi connectivity index (χ0n) is 33.6. The van der Waals surface area contributed by atoms with Crippen LogP contribution in [0.3, 0.4) is 0 Å². The Labute approximate surface area is 329 Å². The molecule has 1 heterocycles. The number of Topliss-reactive ketones (excluding diaryl/α,β-unsaturated/α-hetero) is 1. The van der Waals surface area contributed by atoms with Gasteiger partial charge in [0.2, 0.25) is 0 Å². The van der Waals surface area contributed by atoms with Gasteiger partial charge in [0.1, 0.15) is 30.6 Å². The number of alkyl halides is 1. The Morgan fingerprint density at radius 1 is 0.946 bits per heavy atom. The first-order valence-electron chi connectivity index (χ1n) is 19.7. The van der Waals surface area contributed by atoms with E-state index in [9.17, 15) is 19.5 Å². The molecule has 3 aliphatic carbocycles. The van der Waals surface area contributed by atoms with Gasteiger partial charge in [-0.15, -0.1) is 0 Å². The summed E-state index contributed by atoms with van der Waals surface area (Å²) in [5, 5.41) is 13.7. The summed E-state index contributed by atoms with van der Waals surface area (Å²) in [5.74, 6) is -3.91. The first-order valence-corrected chi connectivity index (χ1v) is 22.2. The first-order chi connectivity index (χ1) is 26.4. The molecule has 2 aromatic rings. The van der Waals surface area contributed by atoms with Crippen LogP contribution in [0.4, 0.5) is 9.18 Å². The maximum atomic E-state index is 17.3. The van der Waals surface area contributed by atoms with Crippen LogP contribution in [-0.4, -0.2) is 85.7 Å². The fraction of sp³-hybridized carbons (Fsp3) is 0.581. The summed E-state index contributed by atoms with van der Waals surface area (Å²) in [6.07, 6.45) is -8.90. The lowest BCUT2D eigenvalue weighted by atomic mass is 9.45. The minimum Gasteiger partial charge on any atom is -0.455 e. The number of benzene rings is 2. The molecule has 56 heavy (non-hydrogen) atoms. The third kappa shape index (κ3) is 6.71. The van der Waals surface area contributed by atoms with Crippen molar-refractivity contribution in [1.29, 1.82) is 0 Å². The average molecular weight is 795 g/mol. The van der Waals surface area contributed by atoms with E-state index in [1.807, 2.05) is 6.07 Å². The lowest BCUT2D eigenvalue weighted by Crippen LogP contribution is -2.81. The lowest BCUT2D eigenvalue weighted by molar-refractivity contribution is -0.341. The van der Waals surface area contributed by atoms with E-state index in [1.54, 1.807) is 75.4 Å². The van der Waals surface area contributed by atoms with Gasteiger partial charge in [0.15, 0.2) is 25.8 Å². The fourth-order valence-corrected chi connectivity index (χ4v) is 12.8. The third-order valence-corrected chi connectivity index (χ3v) is 18.2. The number of fused-ring (bicyclic) bond motifs is 5. The van der Waals surface area contributed by atoms with Crippen molar-refractivity contribution in [3.8, 4) is 0 Å². The molecule has 6 rings (SSSR count). The van der Waals surface area contributed by atoms with Gasteiger partial charge in [-0.05, 0) is 60.8 Å². The molecule has 2 aromatic carbocycles. The molecule has 9 atom stereocenters. The van der Waals surface area contributed by atoms with Gasteiger partial charge in [0.05, 0.1) is 29.6 Å². The van der Waals surface area contributed by atoms with E-state index in [0.717, 1.165) is 18.1 Å². The summed E-state index contributed by atoms with van der Waals surface area (Å²) in [5.41, 5.74) is -5.90. The molecule has 13 heteroatoms. The predicted octanol–water partition coefficient (Wildman–Crippen LogP) is 7.45. The Bertz CT molecular complexity index is 1840. The highest BCUT2D eigenvalue weighted by molar-refractivity contribution is 6.73. The van der Waals surface area contributed by atoms with E-state index in [-0.39, 0.29) is 37.2 Å². The number of halogens is 1. The van der Waals surface area contributed by atoms with Crippen LogP contribution in [0, 0.1) is 16.7 Å². The average Bonchev–Trinajstić information content (AvgIpc) is 3.17. The van der Waals surface area contributed by atoms with E-state index < -0.39 is 90.7 Å². The Kier molecular flexibility index (Phi) is 11.5. The van der Waals surface area contributed by atoms with Gasteiger partial charge in [-0.3, -0.25) is 9.59 Å². The second kappa shape index (κ2) is 15.4. The van der Waals surface area contributed by atoms with Crippen molar-refractivity contribution in [3.63, 3.8) is 0 Å². The largest absolute Gasteiger partial charge is 0.509 e. The molecule has 4 aliphatic rings. The highest BCUT2D eigenvalue weighted by Gasteiger charge is 2.78. The standard InChI is InChI=1S/C43H55FO11Si/c1-9-56(10-2,11-3)55-30-23-43(49)37(53-38(47)29-20-16-13-17-21-29)35-41(8,31(44)22-32-42(35,25-51-32)54-27(5)45)36(46)34(33(26(30)4)40(43,6)7)52-39(48)50-24-28-18-14-12-15-19-28/h12-21,30-32,34-35,37,49H,9-11,22-25H2,1-8H3/t30-,31+,32+,34+,35-,37-,41+,42-,43+/m0/s1. The first kappa shape index (κ1) is 41.7. The molecule has 2 saturated carbocycles. The van der Waals surface area contributed by atoms with Gasteiger partial charge in [-0.2, -0.15) is 0 Å². The number of aliphatic hydroxyl groups is 1. The number of carbonyl (C=O) groups is 4. The maximum absolute atomic E-state index is 17.3.